The second-order valence-corrected chi connectivity index (χ2v) is 4.58. The number of nitro benzene ring substituents is 1. The lowest BCUT2D eigenvalue weighted by molar-refractivity contribution is -0.385. The summed E-state index contributed by atoms with van der Waals surface area (Å²) in [5.41, 5.74) is -0.417. The lowest BCUT2D eigenvalue weighted by atomic mass is 10.1. The fourth-order valence-electron chi connectivity index (χ4n) is 1.72. The number of benzene rings is 2. The van der Waals surface area contributed by atoms with Crippen LogP contribution in [-0.4, -0.2) is 10.7 Å². The van der Waals surface area contributed by atoms with Gasteiger partial charge in [0.15, 0.2) is 17.3 Å². The van der Waals surface area contributed by atoms with Crippen LogP contribution in [0.2, 0.25) is 5.02 Å². The van der Waals surface area contributed by atoms with Crippen LogP contribution >= 0.6 is 11.6 Å². The molecule has 0 saturated carbocycles. The summed E-state index contributed by atoms with van der Waals surface area (Å²) in [7, 11) is 0. The lowest BCUT2D eigenvalue weighted by Gasteiger charge is -2.10. The number of carbonyl (C=O) groups excluding carboxylic acids is 1. The number of nitrogens with zero attached hydrogens (tertiary/aromatic N) is 1. The highest BCUT2D eigenvalue weighted by Gasteiger charge is 2.20. The second kappa shape index (κ2) is 5.88. The molecule has 21 heavy (non-hydrogen) atoms. The standard InChI is InChI=1S/C14H9ClFNO4/c1-8(18)10-3-2-4-11(16)14(10)21-13-6-5-9(15)7-12(13)17(19)20/h2-7H,1H3. The van der Waals surface area contributed by atoms with Crippen LogP contribution in [0.1, 0.15) is 17.3 Å². The molecule has 2 aromatic rings. The van der Waals surface area contributed by atoms with E-state index >= 15 is 0 Å². The molecule has 0 unspecified atom stereocenters. The molecular weight excluding hydrogens is 301 g/mol. The first kappa shape index (κ1) is 14.9. The van der Waals surface area contributed by atoms with Gasteiger partial charge in [-0.3, -0.25) is 14.9 Å². The van der Waals surface area contributed by atoms with E-state index in [1.54, 1.807) is 0 Å². The average Bonchev–Trinajstić information content (AvgIpc) is 2.42. The average molecular weight is 310 g/mol. The van der Waals surface area contributed by atoms with E-state index < -0.39 is 22.2 Å². The van der Waals surface area contributed by atoms with Crippen molar-refractivity contribution in [1.29, 1.82) is 0 Å². The predicted molar refractivity (Wildman–Crippen MR) is 74.6 cm³/mol. The van der Waals surface area contributed by atoms with E-state index in [9.17, 15) is 19.3 Å². The second-order valence-electron chi connectivity index (χ2n) is 4.14. The van der Waals surface area contributed by atoms with Gasteiger partial charge in [-0.1, -0.05) is 17.7 Å². The third kappa shape index (κ3) is 3.17. The zero-order valence-corrected chi connectivity index (χ0v) is 11.6. The Hall–Kier alpha value is -2.47. The maximum Gasteiger partial charge on any atom is 0.313 e. The summed E-state index contributed by atoms with van der Waals surface area (Å²) < 4.78 is 19.1. The fourth-order valence-corrected chi connectivity index (χ4v) is 1.89. The number of halogens is 2. The number of Topliss-reactive ketones (excluding diaryl/α,β-unsaturated/α-hetero) is 1. The zero-order valence-electron chi connectivity index (χ0n) is 10.8. The van der Waals surface area contributed by atoms with Gasteiger partial charge in [0.1, 0.15) is 0 Å². The van der Waals surface area contributed by atoms with Crippen molar-refractivity contribution in [2.75, 3.05) is 0 Å². The van der Waals surface area contributed by atoms with Crippen molar-refractivity contribution < 1.29 is 18.8 Å². The summed E-state index contributed by atoms with van der Waals surface area (Å²) >= 11 is 5.69. The minimum atomic E-state index is -0.785. The topological polar surface area (TPSA) is 69.4 Å². The van der Waals surface area contributed by atoms with Crippen LogP contribution in [0.4, 0.5) is 10.1 Å². The normalized spacial score (nSPS) is 10.2. The molecule has 0 bridgehead atoms. The van der Waals surface area contributed by atoms with Gasteiger partial charge in [0.25, 0.3) is 0 Å². The largest absolute Gasteiger partial charge is 0.446 e. The number of ether oxygens (including phenoxy) is 1. The van der Waals surface area contributed by atoms with Gasteiger partial charge >= 0.3 is 5.69 Å². The smallest absolute Gasteiger partial charge is 0.313 e. The highest BCUT2D eigenvalue weighted by atomic mass is 35.5. The van der Waals surface area contributed by atoms with Crippen LogP contribution in [0.3, 0.4) is 0 Å². The van der Waals surface area contributed by atoms with Crippen LogP contribution in [0.15, 0.2) is 36.4 Å². The van der Waals surface area contributed by atoms with Crippen LogP contribution in [0, 0.1) is 15.9 Å². The van der Waals surface area contributed by atoms with Gasteiger partial charge in [-0.25, -0.2) is 4.39 Å². The molecular formula is C14H9ClFNO4. The van der Waals surface area contributed by atoms with Gasteiger partial charge < -0.3 is 4.74 Å². The first-order chi connectivity index (χ1) is 9.90. The van der Waals surface area contributed by atoms with Gasteiger partial charge in [-0.2, -0.15) is 0 Å². The molecule has 0 saturated heterocycles. The van der Waals surface area contributed by atoms with Crippen molar-refractivity contribution in [3.63, 3.8) is 0 Å². The van der Waals surface area contributed by atoms with E-state index in [1.165, 1.54) is 31.2 Å². The molecule has 0 spiro atoms. The third-order valence-corrected chi connectivity index (χ3v) is 2.91. The highest BCUT2D eigenvalue weighted by Crippen LogP contribution is 2.36. The minimum Gasteiger partial charge on any atom is -0.446 e. The molecule has 108 valence electrons. The molecule has 7 heteroatoms. The molecule has 0 heterocycles. The SMILES string of the molecule is CC(=O)c1cccc(F)c1Oc1ccc(Cl)cc1[N+](=O)[O-]. The van der Waals surface area contributed by atoms with Crippen molar-refractivity contribution in [2.45, 2.75) is 6.92 Å². The van der Waals surface area contributed by atoms with E-state index in [0.717, 1.165) is 12.1 Å². The zero-order chi connectivity index (χ0) is 15.6. The van der Waals surface area contributed by atoms with Gasteiger partial charge in [0.2, 0.25) is 5.75 Å². The lowest BCUT2D eigenvalue weighted by Crippen LogP contribution is -2.01. The Labute approximate surface area is 124 Å². The first-order valence-corrected chi connectivity index (χ1v) is 6.19. The van der Waals surface area contributed by atoms with Crippen molar-refractivity contribution >= 4 is 23.1 Å². The first-order valence-electron chi connectivity index (χ1n) is 5.81. The van der Waals surface area contributed by atoms with Crippen LogP contribution in [-0.2, 0) is 0 Å². The Morgan fingerprint density at radius 2 is 2.05 bits per heavy atom. The van der Waals surface area contributed by atoms with Crippen molar-refractivity contribution in [3.05, 3.63) is 62.9 Å². The van der Waals surface area contributed by atoms with Crippen LogP contribution < -0.4 is 4.74 Å². The number of ketones is 1. The molecule has 0 aliphatic rings. The molecule has 0 aliphatic heterocycles. The molecule has 2 aromatic carbocycles. The van der Waals surface area contributed by atoms with Crippen LogP contribution in [0.5, 0.6) is 11.5 Å². The molecule has 5 nitrogen and oxygen atoms in total. The summed E-state index contributed by atoms with van der Waals surface area (Å²) in [6, 6.07) is 7.54. The van der Waals surface area contributed by atoms with Crippen molar-refractivity contribution in [1.82, 2.24) is 0 Å². The molecule has 0 amide bonds. The number of para-hydroxylation sites is 1. The van der Waals surface area contributed by atoms with Gasteiger partial charge in [0.05, 0.1) is 10.5 Å². The molecule has 0 fully saturated rings. The fraction of sp³-hybridized carbons (Fsp3) is 0.0714. The van der Waals surface area contributed by atoms with Crippen molar-refractivity contribution in [2.24, 2.45) is 0 Å². The third-order valence-electron chi connectivity index (χ3n) is 2.68. The Balaban J connectivity index is 2.53. The Morgan fingerprint density at radius 3 is 2.67 bits per heavy atom. The quantitative estimate of drug-likeness (QED) is 0.477. The molecule has 0 radical (unpaired) electrons. The number of hydrogen-bond acceptors (Lipinski definition) is 4. The molecule has 0 aromatic heterocycles. The van der Waals surface area contributed by atoms with E-state index in [0.29, 0.717) is 0 Å². The molecule has 0 N–H and O–H groups in total. The van der Waals surface area contributed by atoms with Crippen LogP contribution in [0.25, 0.3) is 0 Å². The number of nitro groups is 1. The highest BCUT2D eigenvalue weighted by molar-refractivity contribution is 6.30. The predicted octanol–water partition coefficient (Wildman–Crippen LogP) is 4.38. The monoisotopic (exact) mass is 309 g/mol. The Bertz CT molecular complexity index is 733. The van der Waals surface area contributed by atoms with E-state index in [-0.39, 0.29) is 22.1 Å². The summed E-state index contributed by atoms with van der Waals surface area (Å²) in [4.78, 5) is 21.8. The van der Waals surface area contributed by atoms with E-state index in [1.807, 2.05) is 0 Å². The van der Waals surface area contributed by atoms with Crippen molar-refractivity contribution in [3.8, 4) is 11.5 Å². The van der Waals surface area contributed by atoms with Gasteiger partial charge in [0, 0.05) is 11.1 Å². The van der Waals surface area contributed by atoms with Gasteiger partial charge in [-0.15, -0.1) is 0 Å². The molecule has 0 aliphatic carbocycles. The van der Waals surface area contributed by atoms with E-state index in [2.05, 4.69) is 0 Å². The number of carbonyl (C=O) groups is 1. The summed E-state index contributed by atoms with van der Waals surface area (Å²) in [5, 5.41) is 11.1. The Morgan fingerprint density at radius 1 is 1.33 bits per heavy atom. The summed E-state index contributed by atoms with van der Waals surface area (Å²) in [5.74, 6) is -1.75. The summed E-state index contributed by atoms with van der Waals surface area (Å²) in [6.45, 7) is 1.25. The molecule has 2 rings (SSSR count). The summed E-state index contributed by atoms with van der Waals surface area (Å²) in [6.07, 6.45) is 0. The van der Waals surface area contributed by atoms with E-state index in [4.69, 9.17) is 16.3 Å². The minimum absolute atomic E-state index is 0.000696. The maximum atomic E-state index is 13.8. The van der Waals surface area contributed by atoms with Gasteiger partial charge in [-0.05, 0) is 31.2 Å². The Kier molecular flexibility index (Phi) is 4.18. The maximum absolute atomic E-state index is 13.8. The number of rotatable bonds is 4. The molecule has 0 atom stereocenters. The number of hydrogen-bond donors (Lipinski definition) is 0.